The van der Waals surface area contributed by atoms with Crippen LogP contribution in [0.5, 0.6) is 11.5 Å². The molecule has 0 aliphatic heterocycles. The number of amides is 1. The molecule has 0 unspecified atom stereocenters. The molecule has 2 aromatic carbocycles. The van der Waals surface area contributed by atoms with E-state index in [9.17, 15) is 4.79 Å². The van der Waals surface area contributed by atoms with Gasteiger partial charge in [-0.05, 0) is 30.3 Å². The molecule has 5 nitrogen and oxygen atoms in total. The van der Waals surface area contributed by atoms with Gasteiger partial charge in [0.2, 0.25) is 0 Å². The van der Waals surface area contributed by atoms with Gasteiger partial charge in [0.15, 0.2) is 0 Å². The molecule has 108 valence electrons. The zero-order valence-electron chi connectivity index (χ0n) is 11.3. The largest absolute Gasteiger partial charge is 0.495 e. The molecule has 0 radical (unpaired) electrons. The van der Waals surface area contributed by atoms with Crippen LogP contribution in [0.2, 0.25) is 0 Å². The van der Waals surface area contributed by atoms with E-state index in [2.05, 4.69) is 5.32 Å². The quantitative estimate of drug-likeness (QED) is 0.849. The van der Waals surface area contributed by atoms with Crippen LogP contribution in [0.15, 0.2) is 48.5 Å². The van der Waals surface area contributed by atoms with Gasteiger partial charge in [-0.25, -0.2) is 4.79 Å². The third-order valence-electron chi connectivity index (χ3n) is 2.68. The summed E-state index contributed by atoms with van der Waals surface area (Å²) in [6, 6.07) is 13.8. The summed E-state index contributed by atoms with van der Waals surface area (Å²) in [5.41, 5.74) is 6.68. The number of carbonyl (C=O) groups is 1. The number of para-hydroxylation sites is 1. The molecule has 21 heavy (non-hydrogen) atoms. The van der Waals surface area contributed by atoms with Crippen molar-refractivity contribution in [1.82, 2.24) is 0 Å². The van der Waals surface area contributed by atoms with E-state index < -0.39 is 6.09 Å². The standard InChI is InChI=1S/C15H14N2O3S/c1-19-13-9-10(14(16)21)7-8-12(13)17-15(18)20-11-5-3-2-4-6-11/h2-9H,1H3,(H2,16,21)(H,17,18). The highest BCUT2D eigenvalue weighted by atomic mass is 32.1. The number of thiocarbonyl (C=S) groups is 1. The molecular formula is C15H14N2O3S. The van der Waals surface area contributed by atoms with Gasteiger partial charge in [0.25, 0.3) is 0 Å². The Kier molecular flexibility index (Phi) is 4.73. The Morgan fingerprint density at radius 2 is 1.90 bits per heavy atom. The van der Waals surface area contributed by atoms with Gasteiger partial charge >= 0.3 is 6.09 Å². The maximum atomic E-state index is 11.8. The van der Waals surface area contributed by atoms with E-state index >= 15 is 0 Å². The van der Waals surface area contributed by atoms with Crippen molar-refractivity contribution in [2.75, 3.05) is 12.4 Å². The minimum absolute atomic E-state index is 0.256. The van der Waals surface area contributed by atoms with Crippen molar-refractivity contribution in [2.24, 2.45) is 5.73 Å². The number of benzene rings is 2. The lowest BCUT2D eigenvalue weighted by atomic mass is 10.2. The molecule has 3 N–H and O–H groups in total. The predicted molar refractivity (Wildman–Crippen MR) is 85.0 cm³/mol. The Hall–Kier alpha value is -2.60. The molecule has 2 rings (SSSR count). The smallest absolute Gasteiger partial charge is 0.417 e. The molecule has 0 bridgehead atoms. The van der Waals surface area contributed by atoms with Crippen molar-refractivity contribution >= 4 is 29.0 Å². The Balaban J connectivity index is 2.12. The van der Waals surface area contributed by atoms with Crippen molar-refractivity contribution < 1.29 is 14.3 Å². The van der Waals surface area contributed by atoms with Gasteiger partial charge in [-0.3, -0.25) is 5.32 Å². The molecule has 0 spiro atoms. The SMILES string of the molecule is COc1cc(C(N)=S)ccc1NC(=O)Oc1ccccc1. The first-order chi connectivity index (χ1) is 10.1. The number of anilines is 1. The van der Waals surface area contributed by atoms with Crippen LogP contribution in [0.4, 0.5) is 10.5 Å². The molecular weight excluding hydrogens is 288 g/mol. The van der Waals surface area contributed by atoms with E-state index in [4.69, 9.17) is 27.4 Å². The summed E-state index contributed by atoms with van der Waals surface area (Å²) >= 11 is 4.90. The van der Waals surface area contributed by atoms with Gasteiger partial charge in [0.05, 0.1) is 12.8 Å². The van der Waals surface area contributed by atoms with E-state index in [0.29, 0.717) is 22.7 Å². The van der Waals surface area contributed by atoms with Gasteiger partial charge in [-0.1, -0.05) is 30.4 Å². The average molecular weight is 302 g/mol. The van der Waals surface area contributed by atoms with Gasteiger partial charge < -0.3 is 15.2 Å². The number of hydrogen-bond acceptors (Lipinski definition) is 4. The van der Waals surface area contributed by atoms with Crippen LogP contribution >= 0.6 is 12.2 Å². The van der Waals surface area contributed by atoms with E-state index in [1.165, 1.54) is 7.11 Å². The number of nitrogens with two attached hydrogens (primary N) is 1. The first-order valence-electron chi connectivity index (χ1n) is 6.12. The van der Waals surface area contributed by atoms with Crippen LogP contribution in [-0.4, -0.2) is 18.2 Å². The van der Waals surface area contributed by atoms with Gasteiger partial charge in [0, 0.05) is 5.56 Å². The number of carbonyl (C=O) groups excluding carboxylic acids is 1. The van der Waals surface area contributed by atoms with Crippen LogP contribution in [0.3, 0.4) is 0 Å². The summed E-state index contributed by atoms with van der Waals surface area (Å²) in [4.78, 5) is 12.1. The number of methoxy groups -OCH3 is 1. The van der Waals surface area contributed by atoms with Crippen LogP contribution in [0.1, 0.15) is 5.56 Å². The van der Waals surface area contributed by atoms with Crippen molar-refractivity contribution in [3.8, 4) is 11.5 Å². The molecule has 0 aliphatic carbocycles. The van der Waals surface area contributed by atoms with Crippen LogP contribution in [-0.2, 0) is 0 Å². The fourth-order valence-electron chi connectivity index (χ4n) is 1.68. The molecule has 2 aromatic rings. The third-order valence-corrected chi connectivity index (χ3v) is 2.91. The molecule has 0 fully saturated rings. The summed E-state index contributed by atoms with van der Waals surface area (Å²) in [5, 5.41) is 2.61. The molecule has 1 amide bonds. The fourth-order valence-corrected chi connectivity index (χ4v) is 1.81. The fraction of sp³-hybridized carbons (Fsp3) is 0.0667. The highest BCUT2D eigenvalue weighted by molar-refractivity contribution is 7.80. The van der Waals surface area contributed by atoms with E-state index in [0.717, 1.165) is 0 Å². The minimum Gasteiger partial charge on any atom is -0.495 e. The summed E-state index contributed by atoms with van der Waals surface area (Å²) in [5.74, 6) is 0.902. The lowest BCUT2D eigenvalue weighted by Crippen LogP contribution is -2.17. The van der Waals surface area contributed by atoms with Crippen LogP contribution < -0.4 is 20.5 Å². The Morgan fingerprint density at radius 1 is 1.19 bits per heavy atom. The molecule has 6 heteroatoms. The lowest BCUT2D eigenvalue weighted by molar-refractivity contribution is 0.215. The Morgan fingerprint density at radius 3 is 2.52 bits per heavy atom. The van der Waals surface area contributed by atoms with Crippen molar-refractivity contribution in [2.45, 2.75) is 0 Å². The minimum atomic E-state index is -0.609. The number of hydrogen-bond donors (Lipinski definition) is 2. The second-order valence-corrected chi connectivity index (χ2v) is 4.55. The highest BCUT2D eigenvalue weighted by Crippen LogP contribution is 2.26. The molecule has 0 saturated carbocycles. The number of nitrogens with one attached hydrogen (secondary N) is 1. The first kappa shape index (κ1) is 14.8. The highest BCUT2D eigenvalue weighted by Gasteiger charge is 2.10. The summed E-state index contributed by atoms with van der Waals surface area (Å²) in [7, 11) is 1.49. The van der Waals surface area contributed by atoms with Crippen LogP contribution in [0.25, 0.3) is 0 Å². The first-order valence-corrected chi connectivity index (χ1v) is 6.52. The summed E-state index contributed by atoms with van der Waals surface area (Å²) in [6.07, 6.45) is -0.609. The normalized spacial score (nSPS) is 9.76. The van der Waals surface area contributed by atoms with Gasteiger partial charge in [0.1, 0.15) is 16.5 Å². The van der Waals surface area contributed by atoms with E-state index in [1.807, 2.05) is 6.07 Å². The summed E-state index contributed by atoms with van der Waals surface area (Å²) in [6.45, 7) is 0. The number of rotatable bonds is 4. The molecule has 0 aromatic heterocycles. The molecule has 0 atom stereocenters. The maximum absolute atomic E-state index is 11.8. The second kappa shape index (κ2) is 6.71. The van der Waals surface area contributed by atoms with Gasteiger partial charge in [-0.15, -0.1) is 0 Å². The second-order valence-electron chi connectivity index (χ2n) is 4.11. The average Bonchev–Trinajstić information content (AvgIpc) is 2.48. The maximum Gasteiger partial charge on any atom is 0.417 e. The van der Waals surface area contributed by atoms with Crippen molar-refractivity contribution in [3.63, 3.8) is 0 Å². The van der Waals surface area contributed by atoms with Crippen molar-refractivity contribution in [1.29, 1.82) is 0 Å². The summed E-state index contributed by atoms with van der Waals surface area (Å²) < 4.78 is 10.3. The zero-order chi connectivity index (χ0) is 15.2. The topological polar surface area (TPSA) is 73.6 Å². The Bertz CT molecular complexity index is 659. The zero-order valence-corrected chi connectivity index (χ0v) is 12.1. The molecule has 0 saturated heterocycles. The lowest BCUT2D eigenvalue weighted by Gasteiger charge is -2.11. The van der Waals surface area contributed by atoms with E-state index in [1.54, 1.807) is 42.5 Å². The third kappa shape index (κ3) is 3.93. The van der Waals surface area contributed by atoms with E-state index in [-0.39, 0.29) is 4.99 Å². The molecule has 0 aliphatic rings. The Labute approximate surface area is 127 Å². The number of ether oxygens (including phenoxy) is 2. The monoisotopic (exact) mass is 302 g/mol. The molecule has 0 heterocycles. The van der Waals surface area contributed by atoms with Crippen LogP contribution in [0, 0.1) is 0 Å². The predicted octanol–water partition coefficient (Wildman–Crippen LogP) is 2.94. The van der Waals surface area contributed by atoms with Gasteiger partial charge in [-0.2, -0.15) is 0 Å². The van der Waals surface area contributed by atoms with Crippen molar-refractivity contribution in [3.05, 3.63) is 54.1 Å².